The minimum Gasteiger partial charge on any atom is -0.379 e. The Hall–Kier alpha value is -0.650. The molecule has 5 heteroatoms. The van der Waals surface area contributed by atoms with Crippen LogP contribution in [0.25, 0.3) is 0 Å². The van der Waals surface area contributed by atoms with Crippen molar-refractivity contribution in [3.8, 4) is 0 Å². The third kappa shape index (κ3) is 2.53. The van der Waals surface area contributed by atoms with Crippen LogP contribution in [0.1, 0.15) is 26.7 Å². The molecule has 0 spiro atoms. The smallest absolute Gasteiger partial charge is 0.232 e. The molecule has 2 rings (SSSR count). The zero-order valence-corrected chi connectivity index (χ0v) is 11.4. The van der Waals surface area contributed by atoms with E-state index in [9.17, 15) is 4.79 Å². The lowest BCUT2D eigenvalue weighted by Gasteiger charge is -2.37. The van der Waals surface area contributed by atoms with Crippen molar-refractivity contribution >= 4 is 5.91 Å². The Labute approximate surface area is 109 Å². The highest BCUT2D eigenvalue weighted by Crippen LogP contribution is 2.30. The molecular weight excluding hydrogens is 232 g/mol. The molecule has 0 aliphatic carbocycles. The minimum atomic E-state index is -0.543. The molecule has 104 valence electrons. The van der Waals surface area contributed by atoms with Crippen molar-refractivity contribution in [2.75, 3.05) is 32.9 Å². The Morgan fingerprint density at radius 2 is 2.17 bits per heavy atom. The van der Waals surface area contributed by atoms with Gasteiger partial charge in [-0.05, 0) is 26.7 Å². The van der Waals surface area contributed by atoms with E-state index in [0.29, 0.717) is 19.3 Å². The number of nitrogens with zero attached hydrogens (tertiary/aromatic N) is 1. The van der Waals surface area contributed by atoms with E-state index in [2.05, 4.69) is 0 Å². The van der Waals surface area contributed by atoms with Crippen LogP contribution in [0.3, 0.4) is 0 Å². The number of hydrogen-bond acceptors (Lipinski definition) is 4. The van der Waals surface area contributed by atoms with Crippen molar-refractivity contribution in [1.29, 1.82) is 0 Å². The van der Waals surface area contributed by atoms with Crippen molar-refractivity contribution in [3.63, 3.8) is 0 Å². The van der Waals surface area contributed by atoms with Gasteiger partial charge >= 0.3 is 0 Å². The maximum absolute atomic E-state index is 12.5. The summed E-state index contributed by atoms with van der Waals surface area (Å²) in [6.45, 7) is 7.14. The number of likely N-dealkylation sites (tertiary alicyclic amines) is 1. The fraction of sp³-hybridized carbons (Fsp3) is 0.923. The minimum absolute atomic E-state index is 0.141. The first kappa shape index (κ1) is 13.8. The molecule has 2 fully saturated rings. The first-order valence-corrected chi connectivity index (χ1v) is 6.82. The average molecular weight is 256 g/mol. The molecule has 18 heavy (non-hydrogen) atoms. The van der Waals surface area contributed by atoms with Crippen LogP contribution in [0.5, 0.6) is 0 Å². The maximum Gasteiger partial charge on any atom is 0.232 e. The molecule has 2 saturated heterocycles. The molecule has 2 unspecified atom stereocenters. The van der Waals surface area contributed by atoms with Crippen LogP contribution in [0.2, 0.25) is 0 Å². The second-order valence-corrected chi connectivity index (χ2v) is 5.49. The first-order chi connectivity index (χ1) is 8.58. The van der Waals surface area contributed by atoms with Crippen LogP contribution >= 0.6 is 0 Å². The van der Waals surface area contributed by atoms with Crippen molar-refractivity contribution < 1.29 is 14.3 Å². The molecule has 0 radical (unpaired) electrons. The monoisotopic (exact) mass is 256 g/mol. The van der Waals surface area contributed by atoms with Crippen LogP contribution in [0.15, 0.2) is 0 Å². The highest BCUT2D eigenvalue weighted by Gasteiger charge is 2.46. The zero-order chi connectivity index (χ0) is 13.2. The lowest BCUT2D eigenvalue weighted by atomic mass is 9.83. The van der Waals surface area contributed by atoms with Crippen LogP contribution in [0.4, 0.5) is 0 Å². The Morgan fingerprint density at radius 3 is 2.67 bits per heavy atom. The van der Waals surface area contributed by atoms with E-state index < -0.39 is 5.41 Å². The van der Waals surface area contributed by atoms with Crippen molar-refractivity contribution in [3.05, 3.63) is 0 Å². The number of carbonyl (C=O) groups excluding carboxylic acids is 1. The molecule has 2 heterocycles. The fourth-order valence-corrected chi connectivity index (χ4v) is 2.73. The SMILES string of the molecule is CCOC1CCN(C(=O)C2(C)COCC2N)CC1. The summed E-state index contributed by atoms with van der Waals surface area (Å²) in [5, 5.41) is 0. The largest absolute Gasteiger partial charge is 0.379 e. The second kappa shape index (κ2) is 5.55. The summed E-state index contributed by atoms with van der Waals surface area (Å²) in [6, 6.07) is -0.186. The van der Waals surface area contributed by atoms with Crippen LogP contribution in [-0.2, 0) is 14.3 Å². The summed E-state index contributed by atoms with van der Waals surface area (Å²) in [6.07, 6.45) is 2.15. The van der Waals surface area contributed by atoms with E-state index in [1.807, 2.05) is 18.7 Å². The fourth-order valence-electron chi connectivity index (χ4n) is 2.73. The van der Waals surface area contributed by atoms with Gasteiger partial charge in [0.05, 0.1) is 24.7 Å². The number of nitrogens with two attached hydrogens (primary N) is 1. The van der Waals surface area contributed by atoms with Gasteiger partial charge in [0.25, 0.3) is 0 Å². The lowest BCUT2D eigenvalue weighted by Crippen LogP contribution is -2.53. The van der Waals surface area contributed by atoms with Gasteiger partial charge in [-0.3, -0.25) is 4.79 Å². The van der Waals surface area contributed by atoms with E-state index in [-0.39, 0.29) is 11.9 Å². The molecule has 2 atom stereocenters. The van der Waals surface area contributed by atoms with E-state index in [0.717, 1.165) is 32.5 Å². The molecule has 0 aromatic carbocycles. The Morgan fingerprint density at radius 1 is 1.50 bits per heavy atom. The molecule has 2 N–H and O–H groups in total. The summed E-state index contributed by atoms with van der Waals surface area (Å²) in [5.41, 5.74) is 5.46. The van der Waals surface area contributed by atoms with Gasteiger partial charge in [-0.1, -0.05) is 0 Å². The first-order valence-electron chi connectivity index (χ1n) is 6.82. The molecule has 2 aliphatic rings. The van der Waals surface area contributed by atoms with Gasteiger partial charge in [0.1, 0.15) is 0 Å². The van der Waals surface area contributed by atoms with Crippen molar-refractivity contribution in [2.45, 2.75) is 38.8 Å². The quantitative estimate of drug-likeness (QED) is 0.793. The highest BCUT2D eigenvalue weighted by molar-refractivity contribution is 5.83. The van der Waals surface area contributed by atoms with Gasteiger partial charge in [0.2, 0.25) is 5.91 Å². The molecule has 5 nitrogen and oxygen atoms in total. The Bertz CT molecular complexity index is 303. The molecule has 0 saturated carbocycles. The van der Waals surface area contributed by atoms with Crippen molar-refractivity contribution in [1.82, 2.24) is 4.90 Å². The van der Waals surface area contributed by atoms with E-state index >= 15 is 0 Å². The van der Waals surface area contributed by atoms with Crippen molar-refractivity contribution in [2.24, 2.45) is 11.1 Å². The van der Waals surface area contributed by atoms with Crippen LogP contribution < -0.4 is 5.73 Å². The van der Waals surface area contributed by atoms with E-state index in [4.69, 9.17) is 15.2 Å². The lowest BCUT2D eigenvalue weighted by molar-refractivity contribution is -0.144. The van der Waals surface area contributed by atoms with Gasteiger partial charge in [-0.2, -0.15) is 0 Å². The van der Waals surface area contributed by atoms with Gasteiger partial charge in [0, 0.05) is 25.7 Å². The zero-order valence-electron chi connectivity index (χ0n) is 11.4. The molecular formula is C13H24N2O3. The number of rotatable bonds is 3. The third-order valence-electron chi connectivity index (χ3n) is 4.14. The van der Waals surface area contributed by atoms with Gasteiger partial charge in [-0.15, -0.1) is 0 Å². The van der Waals surface area contributed by atoms with Gasteiger partial charge < -0.3 is 20.1 Å². The Balaban J connectivity index is 1.91. The average Bonchev–Trinajstić information content (AvgIpc) is 2.71. The number of ether oxygens (including phenoxy) is 2. The van der Waals surface area contributed by atoms with Crippen LogP contribution in [0, 0.1) is 5.41 Å². The Kier molecular flexibility index (Phi) is 4.25. The standard InChI is InChI=1S/C13H24N2O3/c1-3-18-10-4-6-15(7-5-10)12(16)13(2)9-17-8-11(13)14/h10-11H,3-9,14H2,1-2H3. The number of carbonyl (C=O) groups is 1. The highest BCUT2D eigenvalue weighted by atomic mass is 16.5. The van der Waals surface area contributed by atoms with Gasteiger partial charge in [0.15, 0.2) is 0 Å². The van der Waals surface area contributed by atoms with Crippen LogP contribution in [-0.4, -0.2) is 55.9 Å². The van der Waals surface area contributed by atoms with Gasteiger partial charge in [-0.25, -0.2) is 0 Å². The number of piperidine rings is 1. The maximum atomic E-state index is 12.5. The second-order valence-electron chi connectivity index (χ2n) is 5.49. The summed E-state index contributed by atoms with van der Waals surface area (Å²) in [4.78, 5) is 14.4. The summed E-state index contributed by atoms with van der Waals surface area (Å²) >= 11 is 0. The summed E-state index contributed by atoms with van der Waals surface area (Å²) < 4.78 is 10.9. The summed E-state index contributed by atoms with van der Waals surface area (Å²) in [7, 11) is 0. The predicted octanol–water partition coefficient (Wildman–Crippen LogP) is 0.378. The molecule has 1 amide bonds. The topological polar surface area (TPSA) is 64.8 Å². The number of amides is 1. The van der Waals surface area contributed by atoms with E-state index in [1.54, 1.807) is 0 Å². The summed E-state index contributed by atoms with van der Waals surface area (Å²) in [5.74, 6) is 0.141. The molecule has 0 aromatic rings. The molecule has 0 bridgehead atoms. The normalized spacial score (nSPS) is 33.9. The van der Waals surface area contributed by atoms with E-state index in [1.165, 1.54) is 0 Å². The number of hydrogen-bond donors (Lipinski definition) is 1. The molecule has 0 aromatic heterocycles. The predicted molar refractivity (Wildman–Crippen MR) is 68.1 cm³/mol. The molecule has 2 aliphatic heterocycles. The third-order valence-corrected chi connectivity index (χ3v) is 4.14.